The molecule has 0 rings (SSSR count). The van der Waals surface area contributed by atoms with Crippen LogP contribution in [0.5, 0.6) is 0 Å². The molecule has 0 bridgehead atoms. The van der Waals surface area contributed by atoms with Crippen molar-refractivity contribution >= 4 is 0 Å². The Hall–Kier alpha value is -0.0800. The van der Waals surface area contributed by atoms with Crippen molar-refractivity contribution in [3.8, 4) is 0 Å². The van der Waals surface area contributed by atoms with Crippen LogP contribution in [-0.4, -0.2) is 38.8 Å². The molecule has 0 fully saturated rings. The zero-order valence-corrected chi connectivity index (χ0v) is 9.39. The molecule has 76 valence electrons. The Bertz CT molecular complexity index is 66.9. The smallest absolute Gasteiger partial charge is 0.0589 e. The van der Waals surface area contributed by atoms with Crippen LogP contribution < -0.4 is 0 Å². The summed E-state index contributed by atoms with van der Waals surface area (Å²) in [6.07, 6.45) is 2.47. The van der Waals surface area contributed by atoms with Crippen molar-refractivity contribution in [1.29, 1.82) is 0 Å². The van der Waals surface area contributed by atoms with Crippen molar-refractivity contribution in [2.45, 2.75) is 33.6 Å². The van der Waals surface area contributed by atoms with E-state index in [9.17, 15) is 0 Å². The fraction of sp³-hybridized carbons (Fsp3) is 1.00. The summed E-state index contributed by atoms with van der Waals surface area (Å²) in [7, 11) is 3.85. The Morgan fingerprint density at radius 3 is 1.92 bits per heavy atom. The lowest BCUT2D eigenvalue weighted by atomic mass is 10.4. The minimum atomic E-state index is 0.844. The molecule has 0 aromatic rings. The summed E-state index contributed by atoms with van der Waals surface area (Å²) < 4.78 is 4.92. The maximum absolute atomic E-state index is 4.92. The minimum Gasteiger partial charge on any atom is -0.383 e. The van der Waals surface area contributed by atoms with Gasteiger partial charge in [0.15, 0.2) is 0 Å². The van der Waals surface area contributed by atoms with Crippen LogP contribution in [0.1, 0.15) is 33.6 Å². The number of methoxy groups -OCH3 is 1. The van der Waals surface area contributed by atoms with Gasteiger partial charge in [0.05, 0.1) is 6.61 Å². The van der Waals surface area contributed by atoms with Gasteiger partial charge in [0, 0.05) is 13.7 Å². The van der Waals surface area contributed by atoms with E-state index >= 15 is 0 Å². The standard InChI is InChI=1S/C7H17NO.C3H8/c1-4-5-8(2)6-7-9-3;1-3-2/h4-7H2,1-3H3;3H2,1-2H3. The molecule has 0 saturated heterocycles. The van der Waals surface area contributed by atoms with Crippen LogP contribution in [0.15, 0.2) is 0 Å². The monoisotopic (exact) mass is 175 g/mol. The van der Waals surface area contributed by atoms with E-state index in [2.05, 4.69) is 32.7 Å². The molecule has 0 aromatic heterocycles. The van der Waals surface area contributed by atoms with Gasteiger partial charge in [-0.05, 0) is 20.0 Å². The summed E-state index contributed by atoms with van der Waals surface area (Å²) in [5.74, 6) is 0. The van der Waals surface area contributed by atoms with E-state index < -0.39 is 0 Å². The first-order valence-corrected chi connectivity index (χ1v) is 4.90. The first-order valence-electron chi connectivity index (χ1n) is 4.90. The molecule has 2 nitrogen and oxygen atoms in total. The summed E-state index contributed by atoms with van der Waals surface area (Å²) >= 11 is 0. The number of likely N-dealkylation sites (N-methyl/N-ethyl adjacent to an activating group) is 1. The van der Waals surface area contributed by atoms with Gasteiger partial charge >= 0.3 is 0 Å². The molecule has 0 unspecified atom stereocenters. The van der Waals surface area contributed by atoms with E-state index in [0.29, 0.717) is 0 Å². The largest absolute Gasteiger partial charge is 0.383 e. The highest BCUT2D eigenvalue weighted by Gasteiger charge is 1.92. The summed E-state index contributed by atoms with van der Waals surface area (Å²) in [4.78, 5) is 2.27. The maximum Gasteiger partial charge on any atom is 0.0589 e. The highest BCUT2D eigenvalue weighted by Crippen LogP contribution is 1.84. The fourth-order valence-corrected chi connectivity index (χ4v) is 0.741. The van der Waals surface area contributed by atoms with Gasteiger partial charge in [-0.3, -0.25) is 0 Å². The maximum atomic E-state index is 4.92. The van der Waals surface area contributed by atoms with Crippen molar-refractivity contribution in [3.05, 3.63) is 0 Å². The van der Waals surface area contributed by atoms with Gasteiger partial charge < -0.3 is 9.64 Å². The Morgan fingerprint density at radius 1 is 1.08 bits per heavy atom. The third kappa shape index (κ3) is 16.5. The predicted octanol–water partition coefficient (Wildman–Crippen LogP) is 2.39. The number of ether oxygens (including phenoxy) is 1. The molecular weight excluding hydrogens is 150 g/mol. The molecule has 0 heterocycles. The normalized spacial score (nSPS) is 9.50. The van der Waals surface area contributed by atoms with Gasteiger partial charge in [0.25, 0.3) is 0 Å². The second-order valence-electron chi connectivity index (χ2n) is 3.00. The van der Waals surface area contributed by atoms with Crippen molar-refractivity contribution in [2.24, 2.45) is 0 Å². The van der Waals surface area contributed by atoms with E-state index in [4.69, 9.17) is 4.74 Å². The van der Waals surface area contributed by atoms with Crippen LogP contribution in [0.25, 0.3) is 0 Å². The van der Waals surface area contributed by atoms with E-state index in [-0.39, 0.29) is 0 Å². The summed E-state index contributed by atoms with van der Waals surface area (Å²) in [6, 6.07) is 0. The highest BCUT2D eigenvalue weighted by molar-refractivity contribution is 4.46. The molecule has 0 N–H and O–H groups in total. The highest BCUT2D eigenvalue weighted by atomic mass is 16.5. The van der Waals surface area contributed by atoms with Crippen LogP contribution >= 0.6 is 0 Å². The van der Waals surface area contributed by atoms with E-state index in [1.807, 2.05) is 0 Å². The van der Waals surface area contributed by atoms with Crippen LogP contribution in [0.4, 0.5) is 0 Å². The SMILES string of the molecule is CCC.CCCN(C)CCOC. The quantitative estimate of drug-likeness (QED) is 0.636. The van der Waals surface area contributed by atoms with Gasteiger partial charge in [0.2, 0.25) is 0 Å². The summed E-state index contributed by atoms with van der Waals surface area (Å²) in [6.45, 7) is 9.49. The van der Waals surface area contributed by atoms with Crippen molar-refractivity contribution < 1.29 is 4.74 Å². The Morgan fingerprint density at radius 2 is 1.58 bits per heavy atom. The molecule has 2 heteroatoms. The average molecular weight is 175 g/mol. The number of nitrogens with zero attached hydrogens (tertiary/aromatic N) is 1. The first kappa shape index (κ1) is 14.4. The van der Waals surface area contributed by atoms with Crippen molar-refractivity contribution in [3.63, 3.8) is 0 Å². The second-order valence-corrected chi connectivity index (χ2v) is 3.00. The lowest BCUT2D eigenvalue weighted by Crippen LogP contribution is -2.23. The van der Waals surface area contributed by atoms with Gasteiger partial charge in [-0.1, -0.05) is 27.2 Å². The molecule has 0 aromatic carbocycles. The minimum absolute atomic E-state index is 0.844. The fourth-order valence-electron chi connectivity index (χ4n) is 0.741. The number of hydrogen-bond acceptors (Lipinski definition) is 2. The number of rotatable bonds is 5. The van der Waals surface area contributed by atoms with Gasteiger partial charge in [-0.2, -0.15) is 0 Å². The molecule has 0 aliphatic rings. The average Bonchev–Trinajstić information content (AvgIpc) is 2.03. The summed E-state index contributed by atoms with van der Waals surface area (Å²) in [5.41, 5.74) is 0. The molecule has 0 aliphatic heterocycles. The molecular formula is C10H25NO. The second kappa shape index (κ2) is 13.5. The van der Waals surface area contributed by atoms with Gasteiger partial charge in [-0.15, -0.1) is 0 Å². The van der Waals surface area contributed by atoms with Crippen LogP contribution in [-0.2, 0) is 4.74 Å². The third-order valence-corrected chi connectivity index (χ3v) is 1.28. The zero-order valence-electron chi connectivity index (χ0n) is 9.39. The topological polar surface area (TPSA) is 12.5 Å². The van der Waals surface area contributed by atoms with Gasteiger partial charge in [-0.25, -0.2) is 0 Å². The Balaban J connectivity index is 0. The van der Waals surface area contributed by atoms with Crippen LogP contribution in [0, 0.1) is 0 Å². The van der Waals surface area contributed by atoms with E-state index in [0.717, 1.165) is 13.2 Å². The number of hydrogen-bond donors (Lipinski definition) is 0. The lowest BCUT2D eigenvalue weighted by Gasteiger charge is -2.13. The van der Waals surface area contributed by atoms with Gasteiger partial charge in [0.1, 0.15) is 0 Å². The van der Waals surface area contributed by atoms with Crippen LogP contribution in [0.3, 0.4) is 0 Å². The zero-order chi connectivity index (χ0) is 9.82. The lowest BCUT2D eigenvalue weighted by molar-refractivity contribution is 0.161. The first-order chi connectivity index (χ1) is 5.72. The molecule has 0 radical (unpaired) electrons. The molecule has 0 spiro atoms. The Kier molecular flexibility index (Phi) is 16.3. The molecule has 0 amide bonds. The Labute approximate surface area is 77.9 Å². The summed E-state index contributed by atoms with van der Waals surface area (Å²) in [5, 5.41) is 0. The van der Waals surface area contributed by atoms with E-state index in [1.54, 1.807) is 7.11 Å². The molecule has 0 atom stereocenters. The van der Waals surface area contributed by atoms with Crippen molar-refractivity contribution in [2.75, 3.05) is 33.9 Å². The third-order valence-electron chi connectivity index (χ3n) is 1.28. The molecule has 0 saturated carbocycles. The van der Waals surface area contributed by atoms with E-state index in [1.165, 1.54) is 19.4 Å². The molecule has 12 heavy (non-hydrogen) atoms. The molecule has 0 aliphatic carbocycles. The van der Waals surface area contributed by atoms with Crippen molar-refractivity contribution in [1.82, 2.24) is 4.90 Å². The predicted molar refractivity (Wildman–Crippen MR) is 55.6 cm³/mol. The van der Waals surface area contributed by atoms with Crippen LogP contribution in [0.2, 0.25) is 0 Å².